The average molecular weight is 1530 g/mol. The summed E-state index contributed by atoms with van der Waals surface area (Å²) in [6.45, 7) is 0. The van der Waals surface area contributed by atoms with Gasteiger partial charge in [-0.05, 0) is 191 Å². The van der Waals surface area contributed by atoms with Crippen molar-refractivity contribution in [1.82, 2.24) is 55.1 Å². The zero-order chi connectivity index (χ0) is 52.7. The van der Waals surface area contributed by atoms with Gasteiger partial charge in [-0.25, -0.2) is 34.9 Å². The van der Waals surface area contributed by atoms with Gasteiger partial charge in [0, 0.05) is 39.1 Å². The Balaban J connectivity index is -0.000000724. The van der Waals surface area contributed by atoms with Crippen molar-refractivity contribution in [3.05, 3.63) is 159 Å². The summed E-state index contributed by atoms with van der Waals surface area (Å²) in [5, 5.41) is 7.18. The van der Waals surface area contributed by atoms with E-state index in [0.29, 0.717) is 53.1 Å². The SMILES string of the molecule is CBr.CN.Nc1ccc(Br)cc1.Nc1ccc(Br)cn1.Nc1ccc(Br)nc1.Nc1ccc(Br)nn1.Nc1cnc(Br)cn1.Nc1cncc(Br)c1.Nc1cncc(Br)n1.Nc1ncc(Br)nc1N.[2HH]. The van der Waals surface area contributed by atoms with Crippen molar-refractivity contribution < 1.29 is 1.43 Å². The molecule has 0 aliphatic rings. The Hall–Kier alpha value is -4.53. The Morgan fingerprint density at radius 1 is 0.333 bits per heavy atom. The van der Waals surface area contributed by atoms with Gasteiger partial charge in [-0.15, -0.1) is 10.2 Å². The molecule has 30 heteroatoms. The first-order valence-electron chi connectivity index (χ1n) is 18.0. The van der Waals surface area contributed by atoms with Crippen LogP contribution < -0.4 is 57.3 Å². The van der Waals surface area contributed by atoms with E-state index in [4.69, 9.17) is 51.6 Å². The zero-order valence-electron chi connectivity index (χ0n) is 36.1. The van der Waals surface area contributed by atoms with E-state index in [2.05, 4.69) is 204 Å². The summed E-state index contributed by atoms with van der Waals surface area (Å²) in [7, 11) is 1.50. The molecule has 8 rings (SSSR count). The van der Waals surface area contributed by atoms with Crippen molar-refractivity contribution in [3.8, 4) is 0 Å². The number of hydrogen-bond acceptors (Lipinski definition) is 21. The minimum atomic E-state index is 0. The highest BCUT2D eigenvalue weighted by Crippen LogP contribution is 2.13. The summed E-state index contributed by atoms with van der Waals surface area (Å²) in [6, 6.07) is 19.9. The van der Waals surface area contributed by atoms with Crippen molar-refractivity contribution in [2.45, 2.75) is 0 Å². The number of alkyl halides is 1. The van der Waals surface area contributed by atoms with Gasteiger partial charge < -0.3 is 57.3 Å². The standard InChI is InChI=1S/C6H6BrN.3C5H5BrN2.C4H5BrN4.3C4H4BrN3.CH3Br.CH5N.H2/c7-5-1-3-6(8)4-2-5;6-4-1-5(7)3-8-2-4;6-5-2-1-4(7)3-8-5;6-4-1-2-5(7)8-3-4;5-2-1-8-3(6)4(7)9-2;5-3-1-8-4(6)2-7-3;5-3-1-7-2-4(6)8-3;5-3-1-2-4(6)8-7-3;2*1-2;/h1-4H,8H2;2*1-3H,7H2;1-3H,(H2,7,8);1H,(H2,6,8)(H2,7,9);3*1-2H,(H2,6,8);1H3;2H2,1H3;1H/i;;;;;;;;;;1+1. The molecule has 0 atom stereocenters. The lowest BCUT2D eigenvalue weighted by Gasteiger charge is -1.95. The van der Waals surface area contributed by atoms with E-state index in [0.717, 1.165) is 23.7 Å². The van der Waals surface area contributed by atoms with E-state index in [-0.39, 0.29) is 13.1 Å². The molecule has 0 aliphatic heterocycles. The fraction of sp³-hybridized carbons (Fsp3) is 0.0513. The van der Waals surface area contributed by atoms with Crippen LogP contribution in [0.5, 0.6) is 0 Å². The molecule has 20 N–H and O–H groups in total. The Kier molecular flexibility index (Phi) is 39.8. The molecule has 0 aliphatic carbocycles. The molecule has 7 heterocycles. The van der Waals surface area contributed by atoms with Crippen molar-refractivity contribution in [3.63, 3.8) is 0 Å². The van der Waals surface area contributed by atoms with E-state index in [1.54, 1.807) is 73.6 Å². The highest BCUT2D eigenvalue weighted by molar-refractivity contribution is 9.11. The number of nitrogens with two attached hydrogens (primary N) is 10. The summed E-state index contributed by atoms with van der Waals surface area (Å²) >= 11 is 28.3. The Labute approximate surface area is 476 Å². The lowest BCUT2D eigenvalue weighted by Crippen LogP contribution is -1.99. The number of benzene rings is 1. The number of aromatic nitrogens is 11. The summed E-state index contributed by atoms with van der Waals surface area (Å²) < 4.78 is 6.40. The highest BCUT2D eigenvalue weighted by atomic mass is 79.9. The lowest BCUT2D eigenvalue weighted by molar-refractivity contribution is 1.02. The van der Waals surface area contributed by atoms with Crippen LogP contribution in [0, 0.1) is 0 Å². The van der Waals surface area contributed by atoms with Gasteiger partial charge in [0.05, 0.1) is 48.6 Å². The lowest BCUT2D eigenvalue weighted by atomic mass is 10.3. The maximum atomic E-state index is 5.41. The van der Waals surface area contributed by atoms with E-state index in [1.807, 2.05) is 36.2 Å². The third-order valence-electron chi connectivity index (χ3n) is 5.81. The second-order valence-corrected chi connectivity index (χ2v) is 17.9. The summed E-state index contributed by atoms with van der Waals surface area (Å²) in [5.41, 5.74) is 54.4. The minimum absolute atomic E-state index is 0. The molecule has 0 saturated heterocycles. The Bertz CT molecular complexity index is 2090. The molecule has 7 aromatic heterocycles. The predicted molar refractivity (Wildman–Crippen MR) is 316 cm³/mol. The Morgan fingerprint density at radius 3 is 1.23 bits per heavy atom. The van der Waals surface area contributed by atoms with Crippen LogP contribution in [0.25, 0.3) is 0 Å². The molecular weight excluding hydrogens is 1480 g/mol. The number of hydrogen-bond donors (Lipinski definition) is 10. The van der Waals surface area contributed by atoms with Crippen molar-refractivity contribution in [2.75, 3.05) is 64.5 Å². The fourth-order valence-electron chi connectivity index (χ4n) is 3.06. The zero-order valence-corrected chi connectivity index (χ0v) is 50.4. The van der Waals surface area contributed by atoms with E-state index < -0.39 is 0 Å². The number of nitrogen functional groups attached to an aromatic ring is 9. The van der Waals surface area contributed by atoms with Gasteiger partial charge in [0.2, 0.25) is 0 Å². The molecule has 69 heavy (non-hydrogen) atoms. The van der Waals surface area contributed by atoms with E-state index in [9.17, 15) is 0 Å². The van der Waals surface area contributed by atoms with Crippen LogP contribution in [0.1, 0.15) is 1.43 Å². The first-order valence-corrected chi connectivity index (χ1v) is 26.0. The highest BCUT2D eigenvalue weighted by Gasteiger charge is 1.95. The molecule has 21 nitrogen and oxygen atoms in total. The molecule has 0 saturated carbocycles. The van der Waals surface area contributed by atoms with Crippen molar-refractivity contribution in [2.24, 2.45) is 5.73 Å². The van der Waals surface area contributed by atoms with Crippen molar-refractivity contribution >= 4 is 195 Å². The van der Waals surface area contributed by atoms with Crippen LogP contribution in [-0.2, 0) is 0 Å². The number of rotatable bonds is 0. The number of halogens is 9. The third-order valence-corrected chi connectivity index (χ3v) is 9.31. The van der Waals surface area contributed by atoms with Gasteiger partial charge in [0.15, 0.2) is 11.6 Å². The monoisotopic (exact) mass is 1520 g/mol. The fourth-order valence-corrected chi connectivity index (χ4v) is 5.21. The van der Waals surface area contributed by atoms with Crippen molar-refractivity contribution in [1.29, 1.82) is 0 Å². The van der Waals surface area contributed by atoms with Gasteiger partial charge in [-0.3, -0.25) is 9.97 Å². The first kappa shape index (κ1) is 66.6. The molecular formula is C39H48Br9N21. The van der Waals surface area contributed by atoms with Gasteiger partial charge in [-0.2, -0.15) is 0 Å². The van der Waals surface area contributed by atoms with E-state index in [1.165, 1.54) is 25.6 Å². The number of anilines is 9. The van der Waals surface area contributed by atoms with Crippen LogP contribution >= 0.6 is 143 Å². The maximum Gasteiger partial charge on any atom is 0.167 e. The number of pyridine rings is 3. The second kappa shape index (κ2) is 41.3. The summed E-state index contributed by atoms with van der Waals surface area (Å²) in [6.07, 6.45) is 14.2. The average Bonchev–Trinajstić information content (AvgIpc) is 3.33. The largest absolute Gasteiger partial charge is 0.399 e. The normalized spacial score (nSPS) is 8.81. The second-order valence-electron chi connectivity index (χ2n) is 11.1. The third kappa shape index (κ3) is 38.9. The van der Waals surface area contributed by atoms with E-state index >= 15 is 0 Å². The minimum Gasteiger partial charge on any atom is -0.399 e. The van der Waals surface area contributed by atoms with Gasteiger partial charge >= 0.3 is 0 Å². The molecule has 0 bridgehead atoms. The number of nitrogens with zero attached hydrogens (tertiary/aromatic N) is 11. The topological polar surface area (TPSA) is 402 Å². The maximum absolute atomic E-state index is 5.41. The first-order chi connectivity index (χ1) is 32.7. The van der Waals surface area contributed by atoms with Crippen LogP contribution in [0.2, 0.25) is 0 Å². The molecule has 1 aromatic carbocycles. The molecule has 0 amide bonds. The van der Waals surface area contributed by atoms with Gasteiger partial charge in [0.1, 0.15) is 46.3 Å². The quantitative estimate of drug-likeness (QED) is 0.0383. The molecule has 0 unspecified atom stereocenters. The van der Waals surface area contributed by atoms with Gasteiger partial charge in [-0.1, -0.05) is 31.9 Å². The predicted octanol–water partition coefficient (Wildman–Crippen LogP) is 10.0. The molecule has 0 spiro atoms. The molecule has 8 aromatic rings. The Morgan fingerprint density at radius 2 is 0.870 bits per heavy atom. The van der Waals surface area contributed by atoms with Crippen LogP contribution in [-0.4, -0.2) is 67.9 Å². The molecule has 0 fully saturated rings. The molecule has 0 radical (unpaired) electrons. The molecule has 372 valence electrons. The summed E-state index contributed by atoms with van der Waals surface area (Å²) in [4.78, 5) is 34.1. The van der Waals surface area contributed by atoms with Gasteiger partial charge in [0.25, 0.3) is 0 Å². The summed E-state index contributed by atoms with van der Waals surface area (Å²) in [5.74, 6) is 4.18. The van der Waals surface area contributed by atoms with Crippen LogP contribution in [0.15, 0.2) is 159 Å². The van der Waals surface area contributed by atoms with Crippen LogP contribution in [0.3, 0.4) is 0 Å². The van der Waals surface area contributed by atoms with Crippen LogP contribution in [0.4, 0.5) is 52.0 Å². The smallest absolute Gasteiger partial charge is 0.167 e.